The SMILES string of the molecule is C[C@H]1CCCCN1C(=O)c1ccncc1. The van der Waals surface area contributed by atoms with Crippen molar-refractivity contribution in [1.82, 2.24) is 9.88 Å². The molecule has 1 aliphatic heterocycles. The molecule has 1 atom stereocenters. The molecule has 0 radical (unpaired) electrons. The van der Waals surface area contributed by atoms with Gasteiger partial charge >= 0.3 is 0 Å². The van der Waals surface area contributed by atoms with Crippen LogP contribution in [0.3, 0.4) is 0 Å². The molecule has 0 bridgehead atoms. The molecule has 1 saturated heterocycles. The van der Waals surface area contributed by atoms with Crippen LogP contribution in [0.5, 0.6) is 0 Å². The molecule has 2 rings (SSSR count). The zero-order valence-corrected chi connectivity index (χ0v) is 9.02. The Morgan fingerprint density at radius 1 is 1.40 bits per heavy atom. The Bertz CT molecular complexity index is 337. The minimum Gasteiger partial charge on any atom is -0.336 e. The number of piperidine rings is 1. The van der Waals surface area contributed by atoms with Crippen molar-refractivity contribution in [2.45, 2.75) is 32.2 Å². The van der Waals surface area contributed by atoms with E-state index in [0.29, 0.717) is 6.04 Å². The third-order valence-corrected chi connectivity index (χ3v) is 2.99. The topological polar surface area (TPSA) is 33.2 Å². The molecule has 0 unspecified atom stereocenters. The Morgan fingerprint density at radius 2 is 2.13 bits per heavy atom. The number of rotatable bonds is 1. The van der Waals surface area contributed by atoms with E-state index in [2.05, 4.69) is 11.9 Å². The summed E-state index contributed by atoms with van der Waals surface area (Å²) in [5.74, 6) is 0.143. The fourth-order valence-electron chi connectivity index (χ4n) is 2.06. The van der Waals surface area contributed by atoms with Crippen LogP contribution in [0.1, 0.15) is 36.5 Å². The molecule has 15 heavy (non-hydrogen) atoms. The number of amides is 1. The van der Waals surface area contributed by atoms with Gasteiger partial charge in [0.2, 0.25) is 0 Å². The monoisotopic (exact) mass is 204 g/mol. The highest BCUT2D eigenvalue weighted by molar-refractivity contribution is 5.94. The van der Waals surface area contributed by atoms with Crippen LogP contribution >= 0.6 is 0 Å². The van der Waals surface area contributed by atoms with E-state index in [1.54, 1.807) is 24.5 Å². The van der Waals surface area contributed by atoms with E-state index in [1.165, 1.54) is 6.42 Å². The van der Waals surface area contributed by atoms with Crippen molar-refractivity contribution < 1.29 is 4.79 Å². The van der Waals surface area contributed by atoms with Gasteiger partial charge in [-0.05, 0) is 38.3 Å². The minimum absolute atomic E-state index is 0.143. The summed E-state index contributed by atoms with van der Waals surface area (Å²) in [5.41, 5.74) is 0.749. The number of carbonyl (C=O) groups is 1. The molecule has 0 N–H and O–H groups in total. The minimum atomic E-state index is 0.143. The summed E-state index contributed by atoms with van der Waals surface area (Å²) in [6, 6.07) is 3.94. The maximum absolute atomic E-state index is 12.1. The number of likely N-dealkylation sites (tertiary alicyclic amines) is 1. The van der Waals surface area contributed by atoms with Crippen molar-refractivity contribution in [1.29, 1.82) is 0 Å². The number of nitrogens with zero attached hydrogens (tertiary/aromatic N) is 2. The van der Waals surface area contributed by atoms with Crippen molar-refractivity contribution in [2.24, 2.45) is 0 Å². The number of aromatic nitrogens is 1. The number of hydrogen-bond donors (Lipinski definition) is 0. The van der Waals surface area contributed by atoms with Crippen molar-refractivity contribution in [3.8, 4) is 0 Å². The van der Waals surface area contributed by atoms with Crippen LogP contribution in [-0.4, -0.2) is 28.4 Å². The van der Waals surface area contributed by atoms with Gasteiger partial charge in [-0.3, -0.25) is 9.78 Å². The fourth-order valence-corrected chi connectivity index (χ4v) is 2.06. The molecule has 3 heteroatoms. The van der Waals surface area contributed by atoms with Crippen LogP contribution in [-0.2, 0) is 0 Å². The maximum atomic E-state index is 12.1. The molecule has 3 nitrogen and oxygen atoms in total. The van der Waals surface area contributed by atoms with Crippen molar-refractivity contribution in [3.63, 3.8) is 0 Å². The molecule has 1 aromatic heterocycles. The lowest BCUT2D eigenvalue weighted by atomic mass is 10.0. The molecule has 1 aliphatic rings. The van der Waals surface area contributed by atoms with E-state index < -0.39 is 0 Å². The van der Waals surface area contributed by atoms with Crippen LogP contribution in [0.15, 0.2) is 24.5 Å². The van der Waals surface area contributed by atoms with Gasteiger partial charge in [0.25, 0.3) is 5.91 Å². The molecule has 80 valence electrons. The lowest BCUT2D eigenvalue weighted by Crippen LogP contribution is -2.41. The molecule has 0 aromatic carbocycles. The third kappa shape index (κ3) is 2.17. The first-order valence-corrected chi connectivity index (χ1v) is 5.50. The standard InChI is InChI=1S/C12H16N2O/c1-10-4-2-3-9-14(10)12(15)11-5-7-13-8-6-11/h5-8,10H,2-4,9H2,1H3/t10-/m0/s1. The fraction of sp³-hybridized carbons (Fsp3) is 0.500. The Balaban J connectivity index is 2.13. The Kier molecular flexibility index (Phi) is 2.99. The average Bonchev–Trinajstić information content (AvgIpc) is 2.30. The lowest BCUT2D eigenvalue weighted by Gasteiger charge is -2.33. The van der Waals surface area contributed by atoms with Gasteiger partial charge < -0.3 is 4.90 Å². The zero-order valence-electron chi connectivity index (χ0n) is 9.02. The second-order valence-electron chi connectivity index (χ2n) is 4.08. The predicted molar refractivity (Wildman–Crippen MR) is 58.6 cm³/mol. The molecular weight excluding hydrogens is 188 g/mol. The van der Waals surface area contributed by atoms with Crippen molar-refractivity contribution >= 4 is 5.91 Å². The highest BCUT2D eigenvalue weighted by Gasteiger charge is 2.23. The van der Waals surface area contributed by atoms with Crippen LogP contribution in [0.25, 0.3) is 0 Å². The second kappa shape index (κ2) is 4.43. The van der Waals surface area contributed by atoms with Gasteiger partial charge in [-0.1, -0.05) is 0 Å². The van der Waals surface area contributed by atoms with Crippen LogP contribution in [0.4, 0.5) is 0 Å². The summed E-state index contributed by atoms with van der Waals surface area (Å²) in [4.78, 5) is 18.0. The third-order valence-electron chi connectivity index (χ3n) is 2.99. The first kappa shape index (κ1) is 10.1. The highest BCUT2D eigenvalue weighted by atomic mass is 16.2. The van der Waals surface area contributed by atoms with E-state index in [-0.39, 0.29) is 5.91 Å². The second-order valence-corrected chi connectivity index (χ2v) is 4.08. The molecule has 1 amide bonds. The van der Waals surface area contributed by atoms with E-state index in [4.69, 9.17) is 0 Å². The Labute approximate surface area is 90.1 Å². The van der Waals surface area contributed by atoms with Gasteiger partial charge in [-0.25, -0.2) is 0 Å². The predicted octanol–water partition coefficient (Wildman–Crippen LogP) is 2.10. The Morgan fingerprint density at radius 3 is 2.80 bits per heavy atom. The normalized spacial score (nSPS) is 21.4. The molecule has 2 heterocycles. The van der Waals surface area contributed by atoms with Crippen LogP contribution < -0.4 is 0 Å². The lowest BCUT2D eigenvalue weighted by molar-refractivity contribution is 0.0635. The Hall–Kier alpha value is -1.38. The maximum Gasteiger partial charge on any atom is 0.254 e. The highest BCUT2D eigenvalue weighted by Crippen LogP contribution is 2.18. The molecule has 1 aromatic rings. The number of pyridine rings is 1. The number of hydrogen-bond acceptors (Lipinski definition) is 2. The molecule has 0 aliphatic carbocycles. The van der Waals surface area contributed by atoms with Crippen molar-refractivity contribution in [2.75, 3.05) is 6.54 Å². The van der Waals surface area contributed by atoms with Crippen LogP contribution in [0.2, 0.25) is 0 Å². The average molecular weight is 204 g/mol. The van der Waals surface area contributed by atoms with E-state index in [1.807, 2.05) is 4.90 Å². The summed E-state index contributed by atoms with van der Waals surface area (Å²) in [6.45, 7) is 3.01. The van der Waals surface area contributed by atoms with E-state index in [9.17, 15) is 4.79 Å². The van der Waals surface area contributed by atoms with Gasteiger partial charge in [0, 0.05) is 30.5 Å². The first-order valence-electron chi connectivity index (χ1n) is 5.50. The molecule has 0 saturated carbocycles. The van der Waals surface area contributed by atoms with Gasteiger partial charge in [-0.2, -0.15) is 0 Å². The summed E-state index contributed by atoms with van der Waals surface area (Å²) in [6.07, 6.45) is 6.82. The zero-order chi connectivity index (χ0) is 10.7. The van der Waals surface area contributed by atoms with Gasteiger partial charge in [0.15, 0.2) is 0 Å². The van der Waals surface area contributed by atoms with Gasteiger partial charge in [0.1, 0.15) is 0 Å². The van der Waals surface area contributed by atoms with E-state index >= 15 is 0 Å². The quantitative estimate of drug-likeness (QED) is 0.701. The smallest absolute Gasteiger partial charge is 0.254 e. The van der Waals surface area contributed by atoms with Gasteiger partial charge in [-0.15, -0.1) is 0 Å². The van der Waals surface area contributed by atoms with E-state index in [0.717, 1.165) is 24.9 Å². The van der Waals surface area contributed by atoms with Crippen molar-refractivity contribution in [3.05, 3.63) is 30.1 Å². The van der Waals surface area contributed by atoms with Gasteiger partial charge in [0.05, 0.1) is 0 Å². The summed E-state index contributed by atoms with van der Waals surface area (Å²) in [7, 11) is 0. The van der Waals surface area contributed by atoms with Crippen LogP contribution in [0, 0.1) is 0 Å². The number of carbonyl (C=O) groups excluding carboxylic acids is 1. The largest absolute Gasteiger partial charge is 0.336 e. The summed E-state index contributed by atoms with van der Waals surface area (Å²) < 4.78 is 0. The summed E-state index contributed by atoms with van der Waals surface area (Å²) in [5, 5.41) is 0. The summed E-state index contributed by atoms with van der Waals surface area (Å²) >= 11 is 0. The molecule has 1 fully saturated rings. The first-order chi connectivity index (χ1) is 7.29. The molecule has 0 spiro atoms. The molecular formula is C12H16N2O.